The third-order valence-corrected chi connectivity index (χ3v) is 3.62. The lowest BCUT2D eigenvalue weighted by atomic mass is 9.73. The minimum Gasteiger partial charge on any atom is -0.465 e. The third-order valence-electron chi connectivity index (χ3n) is 2.86. The maximum Gasteiger partial charge on any atom is 0.404 e. The standard InChI is InChI=1S/C11H23NO2S/c1-5-11(4,8-15)6-10(2,3)7-12-9(13)14/h12,15H,5-8H2,1-4H3,(H,13,14). The topological polar surface area (TPSA) is 49.3 Å². The van der Waals surface area contributed by atoms with Gasteiger partial charge < -0.3 is 10.4 Å². The van der Waals surface area contributed by atoms with Crippen LogP contribution >= 0.6 is 12.6 Å². The molecule has 0 fully saturated rings. The Kier molecular flexibility index (Phi) is 5.49. The first-order valence-electron chi connectivity index (χ1n) is 5.32. The Morgan fingerprint density at radius 3 is 2.27 bits per heavy atom. The van der Waals surface area contributed by atoms with Crippen LogP contribution in [-0.2, 0) is 0 Å². The van der Waals surface area contributed by atoms with Gasteiger partial charge in [-0.1, -0.05) is 27.7 Å². The molecule has 0 saturated heterocycles. The lowest BCUT2D eigenvalue weighted by Crippen LogP contribution is -2.37. The molecule has 0 spiro atoms. The Hall–Kier alpha value is -0.380. The van der Waals surface area contributed by atoms with E-state index in [9.17, 15) is 4.79 Å². The molecule has 1 amide bonds. The molecule has 0 rings (SSSR count). The number of amides is 1. The molecule has 90 valence electrons. The van der Waals surface area contributed by atoms with E-state index < -0.39 is 6.09 Å². The SMILES string of the molecule is CCC(C)(CS)CC(C)(C)CNC(=O)O. The van der Waals surface area contributed by atoms with Crippen molar-refractivity contribution in [3.63, 3.8) is 0 Å². The van der Waals surface area contributed by atoms with Crippen LogP contribution in [0.2, 0.25) is 0 Å². The first kappa shape index (κ1) is 14.6. The fourth-order valence-electron chi connectivity index (χ4n) is 1.83. The van der Waals surface area contributed by atoms with Crippen molar-refractivity contribution in [3.05, 3.63) is 0 Å². The highest BCUT2D eigenvalue weighted by atomic mass is 32.1. The van der Waals surface area contributed by atoms with E-state index in [1.165, 1.54) is 0 Å². The fourth-order valence-corrected chi connectivity index (χ4v) is 2.16. The van der Waals surface area contributed by atoms with Gasteiger partial charge in [-0.05, 0) is 29.4 Å². The molecular formula is C11H23NO2S. The highest BCUT2D eigenvalue weighted by molar-refractivity contribution is 7.80. The van der Waals surface area contributed by atoms with E-state index in [0.717, 1.165) is 18.6 Å². The second-order valence-corrected chi connectivity index (χ2v) is 5.64. The molecule has 15 heavy (non-hydrogen) atoms. The number of nitrogens with one attached hydrogen (secondary N) is 1. The number of carboxylic acid groups (broad SMARTS) is 1. The van der Waals surface area contributed by atoms with Gasteiger partial charge in [-0.15, -0.1) is 0 Å². The summed E-state index contributed by atoms with van der Waals surface area (Å²) in [6.07, 6.45) is 1.08. The fraction of sp³-hybridized carbons (Fsp3) is 0.909. The molecule has 0 aliphatic carbocycles. The van der Waals surface area contributed by atoms with Gasteiger partial charge in [-0.3, -0.25) is 0 Å². The maximum atomic E-state index is 10.4. The van der Waals surface area contributed by atoms with Gasteiger partial charge in [0.1, 0.15) is 0 Å². The summed E-state index contributed by atoms with van der Waals surface area (Å²) >= 11 is 4.37. The summed E-state index contributed by atoms with van der Waals surface area (Å²) in [5.41, 5.74) is 0.165. The minimum atomic E-state index is -0.952. The minimum absolute atomic E-state index is 0.0219. The number of thiol groups is 1. The van der Waals surface area contributed by atoms with Crippen LogP contribution < -0.4 is 5.32 Å². The molecule has 1 unspecified atom stereocenters. The summed E-state index contributed by atoms with van der Waals surface area (Å²) in [6, 6.07) is 0. The van der Waals surface area contributed by atoms with Crippen molar-refractivity contribution in [1.29, 1.82) is 0 Å². The number of carbonyl (C=O) groups is 1. The Morgan fingerprint density at radius 2 is 1.93 bits per heavy atom. The van der Waals surface area contributed by atoms with Crippen molar-refractivity contribution in [2.45, 2.75) is 40.5 Å². The summed E-state index contributed by atoms with van der Waals surface area (Å²) in [7, 11) is 0. The second-order valence-electron chi connectivity index (χ2n) is 5.32. The highest BCUT2D eigenvalue weighted by Gasteiger charge is 2.30. The van der Waals surface area contributed by atoms with Gasteiger partial charge in [0, 0.05) is 6.54 Å². The van der Waals surface area contributed by atoms with E-state index >= 15 is 0 Å². The van der Waals surface area contributed by atoms with Crippen LogP contribution in [0.3, 0.4) is 0 Å². The van der Waals surface area contributed by atoms with Gasteiger partial charge in [-0.2, -0.15) is 12.6 Å². The molecule has 1 atom stereocenters. The number of hydrogen-bond donors (Lipinski definition) is 3. The first-order chi connectivity index (χ1) is 6.74. The highest BCUT2D eigenvalue weighted by Crippen LogP contribution is 2.36. The van der Waals surface area contributed by atoms with Crippen LogP contribution in [-0.4, -0.2) is 23.5 Å². The molecule has 0 aliphatic rings. The van der Waals surface area contributed by atoms with E-state index in [0.29, 0.717) is 6.54 Å². The Labute approximate surface area is 98.0 Å². The van der Waals surface area contributed by atoms with Gasteiger partial charge in [-0.25, -0.2) is 4.79 Å². The zero-order valence-electron chi connectivity index (χ0n) is 10.1. The molecule has 0 radical (unpaired) electrons. The second kappa shape index (κ2) is 5.64. The van der Waals surface area contributed by atoms with Crippen molar-refractivity contribution < 1.29 is 9.90 Å². The molecule has 0 saturated carbocycles. The molecule has 0 bridgehead atoms. The summed E-state index contributed by atoms with van der Waals surface area (Å²) in [4.78, 5) is 10.4. The molecule has 2 N–H and O–H groups in total. The van der Waals surface area contributed by atoms with E-state index in [-0.39, 0.29) is 10.8 Å². The van der Waals surface area contributed by atoms with Crippen molar-refractivity contribution in [1.82, 2.24) is 5.32 Å². The molecule has 0 heterocycles. The largest absolute Gasteiger partial charge is 0.465 e. The van der Waals surface area contributed by atoms with Gasteiger partial charge in [0.2, 0.25) is 0 Å². The predicted octanol–water partition coefficient (Wildman–Crippen LogP) is 3.02. The van der Waals surface area contributed by atoms with E-state index in [1.54, 1.807) is 0 Å². The summed E-state index contributed by atoms with van der Waals surface area (Å²) < 4.78 is 0. The van der Waals surface area contributed by atoms with Crippen molar-refractivity contribution in [2.24, 2.45) is 10.8 Å². The van der Waals surface area contributed by atoms with E-state index in [2.05, 4.69) is 45.6 Å². The molecule has 3 nitrogen and oxygen atoms in total. The van der Waals surface area contributed by atoms with Gasteiger partial charge in [0.05, 0.1) is 0 Å². The first-order valence-corrected chi connectivity index (χ1v) is 5.95. The quantitative estimate of drug-likeness (QED) is 0.618. The van der Waals surface area contributed by atoms with Gasteiger partial charge in [0.25, 0.3) is 0 Å². The molecule has 0 aromatic heterocycles. The average molecular weight is 233 g/mol. The van der Waals surface area contributed by atoms with E-state index in [4.69, 9.17) is 5.11 Å². The third kappa shape index (κ3) is 5.92. The Morgan fingerprint density at radius 1 is 1.40 bits per heavy atom. The lowest BCUT2D eigenvalue weighted by molar-refractivity contribution is 0.167. The molecular weight excluding hydrogens is 210 g/mol. The smallest absolute Gasteiger partial charge is 0.404 e. The van der Waals surface area contributed by atoms with Crippen molar-refractivity contribution >= 4 is 18.7 Å². The molecule has 0 aromatic carbocycles. The van der Waals surface area contributed by atoms with Crippen LogP contribution in [0.5, 0.6) is 0 Å². The zero-order valence-corrected chi connectivity index (χ0v) is 11.0. The molecule has 4 heteroatoms. The van der Waals surface area contributed by atoms with Crippen LogP contribution in [0.25, 0.3) is 0 Å². The van der Waals surface area contributed by atoms with Crippen LogP contribution in [0.1, 0.15) is 40.5 Å². The lowest BCUT2D eigenvalue weighted by Gasteiger charge is -2.36. The van der Waals surface area contributed by atoms with Crippen molar-refractivity contribution in [2.75, 3.05) is 12.3 Å². The van der Waals surface area contributed by atoms with Gasteiger partial charge in [0.15, 0.2) is 0 Å². The normalized spacial score (nSPS) is 15.8. The van der Waals surface area contributed by atoms with Crippen LogP contribution in [0.4, 0.5) is 4.79 Å². The molecule has 0 aliphatic heterocycles. The summed E-state index contributed by atoms with van der Waals surface area (Å²) in [5.74, 6) is 0.833. The average Bonchev–Trinajstić information content (AvgIpc) is 2.14. The number of rotatable bonds is 6. The zero-order chi connectivity index (χ0) is 12.1. The Balaban J connectivity index is 4.28. The number of hydrogen-bond acceptors (Lipinski definition) is 2. The maximum absolute atomic E-state index is 10.4. The monoisotopic (exact) mass is 233 g/mol. The van der Waals surface area contributed by atoms with Crippen molar-refractivity contribution in [3.8, 4) is 0 Å². The Bertz CT molecular complexity index is 213. The van der Waals surface area contributed by atoms with E-state index in [1.807, 2.05) is 0 Å². The van der Waals surface area contributed by atoms with Crippen LogP contribution in [0, 0.1) is 10.8 Å². The van der Waals surface area contributed by atoms with Crippen LogP contribution in [0.15, 0.2) is 0 Å². The summed E-state index contributed by atoms with van der Waals surface area (Å²) in [6.45, 7) is 9.01. The molecule has 0 aromatic rings. The van der Waals surface area contributed by atoms with Gasteiger partial charge >= 0.3 is 6.09 Å². The summed E-state index contributed by atoms with van der Waals surface area (Å²) in [5, 5.41) is 11.0. The predicted molar refractivity (Wildman–Crippen MR) is 66.7 cm³/mol.